The highest BCUT2D eigenvalue weighted by Crippen LogP contribution is 2.24. The molecule has 0 bridgehead atoms. The summed E-state index contributed by atoms with van der Waals surface area (Å²) in [5, 5.41) is 11.2. The SMILES string of the molecule is CN(C(=O)NCCCCC(=O)O)C1CC1. The number of carbonyl (C=O) groups is 2. The first-order chi connectivity index (χ1) is 7.11. The van der Waals surface area contributed by atoms with Crippen molar-refractivity contribution in [1.29, 1.82) is 0 Å². The van der Waals surface area contributed by atoms with Crippen LogP contribution >= 0.6 is 0 Å². The molecule has 0 atom stereocenters. The van der Waals surface area contributed by atoms with Crippen molar-refractivity contribution in [3.05, 3.63) is 0 Å². The highest BCUT2D eigenvalue weighted by Gasteiger charge is 2.29. The first-order valence-electron chi connectivity index (χ1n) is 5.33. The van der Waals surface area contributed by atoms with Crippen LogP contribution in [0.5, 0.6) is 0 Å². The quantitative estimate of drug-likeness (QED) is 0.649. The van der Waals surface area contributed by atoms with Crippen molar-refractivity contribution in [3.8, 4) is 0 Å². The van der Waals surface area contributed by atoms with Crippen LogP contribution in [0.2, 0.25) is 0 Å². The second-order valence-electron chi connectivity index (χ2n) is 3.92. The minimum Gasteiger partial charge on any atom is -0.481 e. The molecule has 1 rings (SSSR count). The second kappa shape index (κ2) is 5.58. The summed E-state index contributed by atoms with van der Waals surface area (Å²) in [6.45, 7) is 0.559. The average molecular weight is 214 g/mol. The van der Waals surface area contributed by atoms with Crippen molar-refractivity contribution < 1.29 is 14.7 Å². The van der Waals surface area contributed by atoms with Crippen LogP contribution in [0.3, 0.4) is 0 Å². The van der Waals surface area contributed by atoms with Gasteiger partial charge in [0.25, 0.3) is 0 Å². The highest BCUT2D eigenvalue weighted by molar-refractivity contribution is 5.74. The molecule has 0 unspecified atom stereocenters. The van der Waals surface area contributed by atoms with E-state index in [0.717, 1.165) is 19.3 Å². The van der Waals surface area contributed by atoms with E-state index in [1.54, 1.807) is 11.9 Å². The molecule has 5 heteroatoms. The summed E-state index contributed by atoms with van der Waals surface area (Å²) in [4.78, 5) is 23.3. The fourth-order valence-corrected chi connectivity index (χ4v) is 1.35. The number of carboxylic acid groups (broad SMARTS) is 1. The first kappa shape index (κ1) is 11.8. The van der Waals surface area contributed by atoms with E-state index in [4.69, 9.17) is 5.11 Å². The number of rotatable bonds is 6. The molecule has 86 valence electrons. The molecule has 0 aromatic rings. The van der Waals surface area contributed by atoms with Gasteiger partial charge >= 0.3 is 12.0 Å². The van der Waals surface area contributed by atoms with Gasteiger partial charge in [-0.25, -0.2) is 4.79 Å². The van der Waals surface area contributed by atoms with Crippen LogP contribution in [0.1, 0.15) is 32.1 Å². The van der Waals surface area contributed by atoms with Gasteiger partial charge in [-0.2, -0.15) is 0 Å². The van der Waals surface area contributed by atoms with Crippen molar-refractivity contribution in [1.82, 2.24) is 10.2 Å². The number of unbranched alkanes of at least 4 members (excludes halogenated alkanes) is 1. The number of hydrogen-bond donors (Lipinski definition) is 2. The first-order valence-corrected chi connectivity index (χ1v) is 5.33. The Bertz CT molecular complexity index is 239. The Hall–Kier alpha value is -1.26. The number of aliphatic carboxylic acids is 1. The van der Waals surface area contributed by atoms with Crippen LogP contribution in [-0.4, -0.2) is 41.6 Å². The predicted octanol–water partition coefficient (Wildman–Crippen LogP) is 1.05. The number of amides is 2. The molecule has 5 nitrogen and oxygen atoms in total. The minimum absolute atomic E-state index is 0.0483. The monoisotopic (exact) mass is 214 g/mol. The van der Waals surface area contributed by atoms with E-state index in [0.29, 0.717) is 19.0 Å². The van der Waals surface area contributed by atoms with Crippen molar-refractivity contribution in [2.45, 2.75) is 38.1 Å². The average Bonchev–Trinajstić information content (AvgIpc) is 2.98. The standard InChI is InChI=1S/C10H18N2O3/c1-12(8-5-6-8)10(15)11-7-3-2-4-9(13)14/h8H,2-7H2,1H3,(H,11,15)(H,13,14). The van der Waals surface area contributed by atoms with E-state index in [2.05, 4.69) is 5.32 Å². The van der Waals surface area contributed by atoms with Crippen molar-refractivity contribution in [3.63, 3.8) is 0 Å². The lowest BCUT2D eigenvalue weighted by atomic mass is 10.2. The van der Waals surface area contributed by atoms with E-state index < -0.39 is 5.97 Å². The molecule has 1 aliphatic rings. The number of carbonyl (C=O) groups excluding carboxylic acids is 1. The van der Waals surface area contributed by atoms with Gasteiger partial charge in [-0.05, 0) is 25.7 Å². The molecule has 2 N–H and O–H groups in total. The summed E-state index contributed by atoms with van der Waals surface area (Å²) in [5.41, 5.74) is 0. The van der Waals surface area contributed by atoms with Crippen molar-refractivity contribution in [2.24, 2.45) is 0 Å². The highest BCUT2D eigenvalue weighted by atomic mass is 16.4. The molecule has 1 aliphatic carbocycles. The topological polar surface area (TPSA) is 69.6 Å². The molecule has 0 radical (unpaired) electrons. The van der Waals surface area contributed by atoms with E-state index in [1.807, 2.05) is 0 Å². The maximum Gasteiger partial charge on any atom is 0.317 e. The Morgan fingerprint density at radius 3 is 2.60 bits per heavy atom. The van der Waals surface area contributed by atoms with E-state index in [-0.39, 0.29) is 12.5 Å². The molecule has 1 saturated carbocycles. The van der Waals surface area contributed by atoms with Crippen LogP contribution < -0.4 is 5.32 Å². The van der Waals surface area contributed by atoms with Gasteiger partial charge in [0.1, 0.15) is 0 Å². The molecule has 0 aromatic heterocycles. The van der Waals surface area contributed by atoms with Gasteiger partial charge in [0.15, 0.2) is 0 Å². The van der Waals surface area contributed by atoms with Gasteiger partial charge in [0.2, 0.25) is 0 Å². The van der Waals surface area contributed by atoms with Crippen LogP contribution in [0.25, 0.3) is 0 Å². The molecular formula is C10H18N2O3. The fourth-order valence-electron chi connectivity index (χ4n) is 1.35. The van der Waals surface area contributed by atoms with Gasteiger partial charge in [0.05, 0.1) is 0 Å². The predicted molar refractivity (Wildman–Crippen MR) is 55.7 cm³/mol. The molecule has 15 heavy (non-hydrogen) atoms. The molecule has 0 aliphatic heterocycles. The number of nitrogens with one attached hydrogen (secondary N) is 1. The summed E-state index contributed by atoms with van der Waals surface area (Å²) >= 11 is 0. The Balaban J connectivity index is 1.99. The van der Waals surface area contributed by atoms with Gasteiger partial charge in [-0.15, -0.1) is 0 Å². The summed E-state index contributed by atoms with van der Waals surface area (Å²) in [5.74, 6) is -0.781. The summed E-state index contributed by atoms with van der Waals surface area (Å²) in [6.07, 6.45) is 3.71. The maximum absolute atomic E-state index is 11.4. The number of urea groups is 1. The molecule has 0 saturated heterocycles. The maximum atomic E-state index is 11.4. The third kappa shape index (κ3) is 4.67. The molecule has 0 heterocycles. The Morgan fingerprint density at radius 2 is 2.07 bits per heavy atom. The molecule has 0 aromatic carbocycles. The second-order valence-corrected chi connectivity index (χ2v) is 3.92. The lowest BCUT2D eigenvalue weighted by molar-refractivity contribution is -0.137. The Kier molecular flexibility index (Phi) is 4.39. The van der Waals surface area contributed by atoms with Crippen LogP contribution in [0.4, 0.5) is 4.79 Å². The van der Waals surface area contributed by atoms with E-state index >= 15 is 0 Å². The zero-order chi connectivity index (χ0) is 11.3. The van der Waals surface area contributed by atoms with Gasteiger partial charge in [-0.1, -0.05) is 0 Å². The lowest BCUT2D eigenvalue weighted by Crippen LogP contribution is -2.38. The molecule has 1 fully saturated rings. The zero-order valence-corrected chi connectivity index (χ0v) is 9.03. The van der Waals surface area contributed by atoms with Gasteiger partial charge in [0, 0.05) is 26.1 Å². The number of carboxylic acids is 1. The Labute approximate surface area is 89.4 Å². The minimum atomic E-state index is -0.781. The van der Waals surface area contributed by atoms with Gasteiger partial charge < -0.3 is 15.3 Å². The summed E-state index contributed by atoms with van der Waals surface area (Å²) < 4.78 is 0. The number of hydrogen-bond acceptors (Lipinski definition) is 2. The van der Waals surface area contributed by atoms with Gasteiger partial charge in [-0.3, -0.25) is 4.79 Å². The third-order valence-electron chi connectivity index (χ3n) is 2.51. The largest absolute Gasteiger partial charge is 0.481 e. The third-order valence-corrected chi connectivity index (χ3v) is 2.51. The fraction of sp³-hybridized carbons (Fsp3) is 0.800. The molecular weight excluding hydrogens is 196 g/mol. The smallest absolute Gasteiger partial charge is 0.317 e. The van der Waals surface area contributed by atoms with Crippen LogP contribution in [-0.2, 0) is 4.79 Å². The molecule has 0 spiro atoms. The Morgan fingerprint density at radius 1 is 1.40 bits per heavy atom. The number of nitrogens with zero attached hydrogens (tertiary/aromatic N) is 1. The normalized spacial score (nSPS) is 14.7. The van der Waals surface area contributed by atoms with Crippen molar-refractivity contribution in [2.75, 3.05) is 13.6 Å². The van der Waals surface area contributed by atoms with Crippen LogP contribution in [0.15, 0.2) is 0 Å². The van der Waals surface area contributed by atoms with Crippen molar-refractivity contribution >= 4 is 12.0 Å². The van der Waals surface area contributed by atoms with E-state index in [9.17, 15) is 9.59 Å². The van der Waals surface area contributed by atoms with Crippen LogP contribution in [0, 0.1) is 0 Å². The molecule has 2 amide bonds. The zero-order valence-electron chi connectivity index (χ0n) is 9.03. The summed E-state index contributed by atoms with van der Waals surface area (Å²) in [6, 6.07) is 0.372. The lowest BCUT2D eigenvalue weighted by Gasteiger charge is -2.16. The van der Waals surface area contributed by atoms with E-state index in [1.165, 1.54) is 0 Å². The summed E-state index contributed by atoms with van der Waals surface area (Å²) in [7, 11) is 1.80.